The molecular formula is C16H20N2OS. The van der Waals surface area contributed by atoms with E-state index in [1.165, 1.54) is 22.7 Å². The van der Waals surface area contributed by atoms with Crippen LogP contribution in [0.25, 0.3) is 11.3 Å². The van der Waals surface area contributed by atoms with Gasteiger partial charge in [-0.05, 0) is 56.5 Å². The fourth-order valence-electron chi connectivity index (χ4n) is 2.25. The highest BCUT2D eigenvalue weighted by Crippen LogP contribution is 2.30. The van der Waals surface area contributed by atoms with Gasteiger partial charge in [0.1, 0.15) is 10.8 Å². The molecule has 0 spiro atoms. The summed E-state index contributed by atoms with van der Waals surface area (Å²) in [5, 5.41) is 4.68. The Labute approximate surface area is 124 Å². The lowest BCUT2D eigenvalue weighted by Gasteiger charge is -2.02. The number of nitrogens with zero attached hydrogens (tertiary/aromatic N) is 1. The van der Waals surface area contributed by atoms with Gasteiger partial charge in [-0.2, -0.15) is 0 Å². The molecule has 1 aromatic heterocycles. The van der Waals surface area contributed by atoms with Gasteiger partial charge in [0, 0.05) is 17.0 Å². The van der Waals surface area contributed by atoms with Gasteiger partial charge >= 0.3 is 0 Å². The molecule has 1 heterocycles. The first-order chi connectivity index (χ1) is 9.76. The largest absolute Gasteiger partial charge is 0.497 e. The number of nitrogens with one attached hydrogen (secondary N) is 1. The van der Waals surface area contributed by atoms with E-state index in [4.69, 9.17) is 9.72 Å². The quantitative estimate of drug-likeness (QED) is 0.881. The van der Waals surface area contributed by atoms with Crippen LogP contribution < -0.4 is 10.1 Å². The van der Waals surface area contributed by atoms with Gasteiger partial charge in [-0.15, -0.1) is 11.3 Å². The molecule has 0 radical (unpaired) electrons. The van der Waals surface area contributed by atoms with Crippen LogP contribution in [0.3, 0.4) is 0 Å². The van der Waals surface area contributed by atoms with E-state index in [-0.39, 0.29) is 0 Å². The molecule has 1 aliphatic carbocycles. The zero-order chi connectivity index (χ0) is 13.9. The van der Waals surface area contributed by atoms with Gasteiger partial charge in [0.05, 0.1) is 12.8 Å². The van der Waals surface area contributed by atoms with E-state index in [1.54, 1.807) is 18.4 Å². The first-order valence-electron chi connectivity index (χ1n) is 7.07. The van der Waals surface area contributed by atoms with Gasteiger partial charge in [0.25, 0.3) is 0 Å². The van der Waals surface area contributed by atoms with Crippen molar-refractivity contribution in [2.45, 2.75) is 26.3 Å². The standard InChI is InChI=1S/C16H20N2OS/c1-11-16(13-5-7-14(19-2)8-6-13)18-15(20-11)10-17-9-12-3-4-12/h5-8,12,17H,3-4,9-10H2,1-2H3. The average molecular weight is 288 g/mol. The number of aryl methyl sites for hydroxylation is 1. The number of methoxy groups -OCH3 is 1. The summed E-state index contributed by atoms with van der Waals surface area (Å²) in [7, 11) is 1.69. The Kier molecular flexibility index (Phi) is 4.03. The Bertz CT molecular complexity index is 573. The van der Waals surface area contributed by atoms with Crippen LogP contribution in [-0.2, 0) is 6.54 Å². The Hall–Kier alpha value is -1.39. The summed E-state index contributed by atoms with van der Waals surface area (Å²) in [6, 6.07) is 8.11. The fraction of sp³-hybridized carbons (Fsp3) is 0.438. The number of hydrogen-bond acceptors (Lipinski definition) is 4. The topological polar surface area (TPSA) is 34.1 Å². The van der Waals surface area contributed by atoms with E-state index < -0.39 is 0 Å². The van der Waals surface area contributed by atoms with E-state index >= 15 is 0 Å². The molecule has 4 heteroatoms. The summed E-state index contributed by atoms with van der Waals surface area (Å²) in [5.74, 6) is 1.80. The summed E-state index contributed by atoms with van der Waals surface area (Å²) < 4.78 is 5.19. The maximum absolute atomic E-state index is 5.19. The summed E-state index contributed by atoms with van der Waals surface area (Å²) >= 11 is 1.79. The predicted octanol–water partition coefficient (Wildman–Crippen LogP) is 3.63. The van der Waals surface area contributed by atoms with Crippen molar-refractivity contribution in [3.63, 3.8) is 0 Å². The minimum atomic E-state index is 0.882. The summed E-state index contributed by atoms with van der Waals surface area (Å²) in [6.07, 6.45) is 2.78. The predicted molar refractivity (Wildman–Crippen MR) is 83.3 cm³/mol. The number of thiazole rings is 1. The van der Waals surface area contributed by atoms with Crippen LogP contribution in [-0.4, -0.2) is 18.6 Å². The lowest BCUT2D eigenvalue weighted by atomic mass is 10.1. The molecule has 1 fully saturated rings. The molecule has 0 amide bonds. The van der Waals surface area contributed by atoms with E-state index in [9.17, 15) is 0 Å². The number of aromatic nitrogens is 1. The van der Waals surface area contributed by atoms with Crippen molar-refractivity contribution < 1.29 is 4.74 Å². The van der Waals surface area contributed by atoms with Crippen molar-refractivity contribution in [1.29, 1.82) is 0 Å². The molecule has 1 saturated carbocycles. The number of rotatable bonds is 6. The molecule has 3 nitrogen and oxygen atoms in total. The summed E-state index contributed by atoms with van der Waals surface area (Å²) in [5.41, 5.74) is 2.26. The monoisotopic (exact) mass is 288 g/mol. The summed E-state index contributed by atoms with van der Waals surface area (Å²) in [4.78, 5) is 6.04. The van der Waals surface area contributed by atoms with Crippen molar-refractivity contribution in [3.05, 3.63) is 34.2 Å². The minimum absolute atomic E-state index is 0.882. The molecule has 0 saturated heterocycles. The van der Waals surface area contributed by atoms with Gasteiger partial charge in [0.15, 0.2) is 0 Å². The second-order valence-corrected chi connectivity index (χ2v) is 6.60. The zero-order valence-electron chi connectivity index (χ0n) is 12.0. The third-order valence-electron chi connectivity index (χ3n) is 3.61. The van der Waals surface area contributed by atoms with Gasteiger partial charge in [-0.1, -0.05) is 0 Å². The summed E-state index contributed by atoms with van der Waals surface area (Å²) in [6.45, 7) is 4.16. The lowest BCUT2D eigenvalue weighted by Crippen LogP contribution is -2.15. The van der Waals surface area contributed by atoms with Gasteiger partial charge < -0.3 is 10.1 Å². The Morgan fingerprint density at radius 3 is 2.70 bits per heavy atom. The van der Waals surface area contributed by atoms with Crippen LogP contribution in [0.1, 0.15) is 22.7 Å². The highest BCUT2D eigenvalue weighted by atomic mass is 32.1. The second-order valence-electron chi connectivity index (χ2n) is 5.32. The molecule has 1 N–H and O–H groups in total. The molecule has 0 atom stereocenters. The Balaban J connectivity index is 1.69. The first-order valence-corrected chi connectivity index (χ1v) is 7.89. The van der Waals surface area contributed by atoms with E-state index in [0.29, 0.717) is 0 Å². The molecule has 0 aliphatic heterocycles. The molecule has 0 bridgehead atoms. The highest BCUT2D eigenvalue weighted by molar-refractivity contribution is 7.12. The number of hydrogen-bond donors (Lipinski definition) is 1. The van der Waals surface area contributed by atoms with Crippen LogP contribution in [0.2, 0.25) is 0 Å². The SMILES string of the molecule is COc1ccc(-c2nc(CNCC3CC3)sc2C)cc1. The lowest BCUT2D eigenvalue weighted by molar-refractivity contribution is 0.415. The smallest absolute Gasteiger partial charge is 0.118 e. The molecule has 2 aromatic rings. The van der Waals surface area contributed by atoms with Crippen LogP contribution in [0.15, 0.2) is 24.3 Å². The fourth-order valence-corrected chi connectivity index (χ4v) is 3.17. The zero-order valence-corrected chi connectivity index (χ0v) is 12.8. The maximum Gasteiger partial charge on any atom is 0.118 e. The van der Waals surface area contributed by atoms with Crippen LogP contribution in [0.5, 0.6) is 5.75 Å². The second kappa shape index (κ2) is 5.94. The molecule has 3 rings (SSSR count). The van der Waals surface area contributed by atoms with Crippen molar-refractivity contribution in [1.82, 2.24) is 10.3 Å². The van der Waals surface area contributed by atoms with Crippen molar-refractivity contribution in [2.24, 2.45) is 5.92 Å². The van der Waals surface area contributed by atoms with E-state index in [0.717, 1.165) is 36.0 Å². The van der Waals surface area contributed by atoms with Crippen LogP contribution in [0.4, 0.5) is 0 Å². The molecule has 106 valence electrons. The van der Waals surface area contributed by atoms with Gasteiger partial charge in [-0.25, -0.2) is 4.98 Å². The maximum atomic E-state index is 5.19. The minimum Gasteiger partial charge on any atom is -0.497 e. The molecule has 1 aliphatic rings. The highest BCUT2D eigenvalue weighted by Gasteiger charge is 2.20. The van der Waals surface area contributed by atoms with Gasteiger partial charge in [0.2, 0.25) is 0 Å². The normalized spacial score (nSPS) is 14.5. The number of ether oxygens (including phenoxy) is 1. The van der Waals surface area contributed by atoms with Gasteiger partial charge in [-0.3, -0.25) is 0 Å². The average Bonchev–Trinajstić information content (AvgIpc) is 3.21. The van der Waals surface area contributed by atoms with E-state index in [1.807, 2.05) is 12.1 Å². The molecule has 0 unspecified atom stereocenters. The van der Waals surface area contributed by atoms with Crippen molar-refractivity contribution in [2.75, 3.05) is 13.7 Å². The van der Waals surface area contributed by atoms with Crippen LogP contribution in [0, 0.1) is 12.8 Å². The Morgan fingerprint density at radius 1 is 1.30 bits per heavy atom. The third-order valence-corrected chi connectivity index (χ3v) is 4.58. The van der Waals surface area contributed by atoms with Crippen molar-refractivity contribution in [3.8, 4) is 17.0 Å². The number of benzene rings is 1. The van der Waals surface area contributed by atoms with Crippen LogP contribution >= 0.6 is 11.3 Å². The molecular weight excluding hydrogens is 268 g/mol. The third kappa shape index (κ3) is 3.19. The molecule has 20 heavy (non-hydrogen) atoms. The first kappa shape index (κ1) is 13.6. The molecule has 1 aromatic carbocycles. The van der Waals surface area contributed by atoms with Crippen molar-refractivity contribution >= 4 is 11.3 Å². The Morgan fingerprint density at radius 2 is 2.05 bits per heavy atom. The van der Waals surface area contributed by atoms with E-state index in [2.05, 4.69) is 24.4 Å².